The fourth-order valence-corrected chi connectivity index (χ4v) is 4.64. The number of hydrogen-bond donors (Lipinski definition) is 2. The molecule has 0 spiro atoms. The molecule has 5 nitrogen and oxygen atoms in total. The number of benzene rings is 3. The molecule has 0 aromatic heterocycles. The second kappa shape index (κ2) is 8.69. The van der Waals surface area contributed by atoms with Gasteiger partial charge in [0.15, 0.2) is 0 Å². The number of sulfonamides is 1. The van der Waals surface area contributed by atoms with Crippen molar-refractivity contribution >= 4 is 73.1 Å². The van der Waals surface area contributed by atoms with Gasteiger partial charge < -0.3 is 5.32 Å². The normalized spacial score (nSPS) is 11.1. The van der Waals surface area contributed by atoms with Crippen molar-refractivity contribution in [3.8, 4) is 0 Å². The highest BCUT2D eigenvalue weighted by Crippen LogP contribution is 2.30. The van der Waals surface area contributed by atoms with Crippen LogP contribution in [0.4, 0.5) is 11.4 Å². The summed E-state index contributed by atoms with van der Waals surface area (Å²) < 4.78 is 29.0. The number of hydrogen-bond acceptors (Lipinski definition) is 3. The highest BCUT2D eigenvalue weighted by Gasteiger charge is 2.23. The number of para-hydroxylation sites is 1. The van der Waals surface area contributed by atoms with Gasteiger partial charge in [-0.25, -0.2) is 8.42 Å². The van der Waals surface area contributed by atoms with Crippen LogP contribution in [-0.4, -0.2) is 14.3 Å². The number of anilines is 2. The van der Waals surface area contributed by atoms with Gasteiger partial charge in [0.2, 0.25) is 0 Å². The Morgan fingerprint density at radius 1 is 0.857 bits per heavy atom. The van der Waals surface area contributed by atoms with Crippen LogP contribution in [0.5, 0.6) is 0 Å². The predicted molar refractivity (Wildman–Crippen MR) is 121 cm³/mol. The first-order valence-electron chi connectivity index (χ1n) is 7.90. The third kappa shape index (κ3) is 4.96. The second-order valence-corrected chi connectivity index (χ2v) is 9.41. The molecular formula is C19H13Cl2IN2O3S. The number of carbonyl (C=O) groups is 1. The van der Waals surface area contributed by atoms with E-state index in [2.05, 4.69) is 32.6 Å². The van der Waals surface area contributed by atoms with Gasteiger partial charge in [-0.05, 0) is 71.1 Å². The van der Waals surface area contributed by atoms with Crippen molar-refractivity contribution in [2.75, 3.05) is 10.0 Å². The minimum Gasteiger partial charge on any atom is -0.322 e. The Morgan fingerprint density at radius 3 is 2.14 bits per heavy atom. The zero-order valence-corrected chi connectivity index (χ0v) is 18.6. The van der Waals surface area contributed by atoms with Crippen LogP contribution in [0, 0.1) is 3.57 Å². The third-order valence-electron chi connectivity index (χ3n) is 3.68. The molecule has 3 aromatic rings. The van der Waals surface area contributed by atoms with Gasteiger partial charge in [0.25, 0.3) is 15.9 Å². The zero-order chi connectivity index (χ0) is 20.3. The van der Waals surface area contributed by atoms with E-state index in [-0.39, 0.29) is 20.5 Å². The Kier molecular flexibility index (Phi) is 6.49. The molecule has 0 aliphatic rings. The summed E-state index contributed by atoms with van der Waals surface area (Å²) in [6.45, 7) is 0. The van der Waals surface area contributed by atoms with Crippen molar-refractivity contribution in [3.63, 3.8) is 0 Å². The summed E-state index contributed by atoms with van der Waals surface area (Å²) in [5.74, 6) is -0.543. The van der Waals surface area contributed by atoms with E-state index in [1.54, 1.807) is 48.5 Å². The van der Waals surface area contributed by atoms with Crippen LogP contribution in [0.1, 0.15) is 10.4 Å². The summed E-state index contributed by atoms with van der Waals surface area (Å²) >= 11 is 14.4. The molecule has 0 atom stereocenters. The highest BCUT2D eigenvalue weighted by atomic mass is 127. The van der Waals surface area contributed by atoms with Crippen LogP contribution in [0.25, 0.3) is 0 Å². The third-order valence-corrected chi connectivity index (χ3v) is 6.56. The smallest absolute Gasteiger partial charge is 0.263 e. The molecule has 0 fully saturated rings. The molecule has 144 valence electrons. The Morgan fingerprint density at radius 2 is 1.50 bits per heavy atom. The molecular weight excluding hydrogens is 534 g/mol. The van der Waals surface area contributed by atoms with Gasteiger partial charge >= 0.3 is 0 Å². The molecule has 3 aromatic carbocycles. The van der Waals surface area contributed by atoms with Crippen LogP contribution >= 0.6 is 45.8 Å². The molecule has 3 rings (SSSR count). The van der Waals surface area contributed by atoms with E-state index in [0.29, 0.717) is 11.4 Å². The van der Waals surface area contributed by atoms with Crippen LogP contribution < -0.4 is 10.0 Å². The topological polar surface area (TPSA) is 75.3 Å². The molecule has 0 heterocycles. The molecule has 0 aliphatic carbocycles. The number of halogens is 3. The Labute approximate surface area is 186 Å². The molecule has 2 N–H and O–H groups in total. The average molecular weight is 547 g/mol. The van der Waals surface area contributed by atoms with Gasteiger partial charge in [-0.3, -0.25) is 9.52 Å². The van der Waals surface area contributed by atoms with Crippen molar-refractivity contribution < 1.29 is 13.2 Å². The number of rotatable bonds is 5. The number of carbonyl (C=O) groups excluding carboxylic acids is 1. The molecule has 0 unspecified atom stereocenters. The van der Waals surface area contributed by atoms with Gasteiger partial charge in [0.05, 0.1) is 15.6 Å². The number of amides is 1. The van der Waals surface area contributed by atoms with E-state index in [0.717, 1.165) is 9.64 Å². The predicted octanol–water partition coefficient (Wildman–Crippen LogP) is 5.65. The molecule has 0 saturated carbocycles. The molecule has 0 bridgehead atoms. The summed E-state index contributed by atoms with van der Waals surface area (Å²) in [4.78, 5) is 12.3. The van der Waals surface area contributed by atoms with E-state index in [9.17, 15) is 13.2 Å². The van der Waals surface area contributed by atoms with Crippen LogP contribution in [0.3, 0.4) is 0 Å². The van der Waals surface area contributed by atoms with E-state index in [1.165, 1.54) is 6.07 Å². The van der Waals surface area contributed by atoms with E-state index < -0.39 is 15.9 Å². The van der Waals surface area contributed by atoms with Crippen molar-refractivity contribution in [1.29, 1.82) is 0 Å². The lowest BCUT2D eigenvalue weighted by molar-refractivity contribution is 0.102. The lowest BCUT2D eigenvalue weighted by atomic mass is 10.2. The lowest BCUT2D eigenvalue weighted by Crippen LogP contribution is -2.17. The van der Waals surface area contributed by atoms with Gasteiger partial charge in [0, 0.05) is 14.9 Å². The molecule has 1 amide bonds. The zero-order valence-electron chi connectivity index (χ0n) is 14.1. The second-order valence-electron chi connectivity index (χ2n) is 5.70. The number of nitrogens with one attached hydrogen (secondary N) is 2. The highest BCUT2D eigenvalue weighted by molar-refractivity contribution is 14.1. The van der Waals surface area contributed by atoms with Crippen LogP contribution in [0.15, 0.2) is 71.6 Å². The monoisotopic (exact) mass is 546 g/mol. The maximum absolute atomic E-state index is 12.8. The molecule has 0 saturated heterocycles. The first-order valence-corrected chi connectivity index (χ1v) is 11.2. The summed E-state index contributed by atoms with van der Waals surface area (Å²) in [5, 5.41) is 2.63. The van der Waals surface area contributed by atoms with Gasteiger partial charge in [0.1, 0.15) is 4.90 Å². The van der Waals surface area contributed by atoms with Gasteiger partial charge in [-0.2, -0.15) is 0 Å². The average Bonchev–Trinajstić information content (AvgIpc) is 2.64. The van der Waals surface area contributed by atoms with Gasteiger partial charge in [-0.15, -0.1) is 0 Å². The molecule has 28 heavy (non-hydrogen) atoms. The summed E-state index contributed by atoms with van der Waals surface area (Å²) in [7, 11) is -4.03. The fraction of sp³-hybridized carbons (Fsp3) is 0. The van der Waals surface area contributed by atoms with E-state index in [1.807, 2.05) is 6.07 Å². The van der Waals surface area contributed by atoms with E-state index in [4.69, 9.17) is 23.2 Å². The summed E-state index contributed by atoms with van der Waals surface area (Å²) in [6, 6.07) is 17.9. The maximum Gasteiger partial charge on any atom is 0.263 e. The molecule has 0 radical (unpaired) electrons. The Balaban J connectivity index is 1.94. The first-order chi connectivity index (χ1) is 13.3. The van der Waals surface area contributed by atoms with Crippen molar-refractivity contribution in [2.45, 2.75) is 4.90 Å². The van der Waals surface area contributed by atoms with E-state index >= 15 is 0 Å². The first kappa shape index (κ1) is 20.9. The lowest BCUT2D eigenvalue weighted by Gasteiger charge is -2.13. The Bertz CT molecular complexity index is 1120. The molecule has 9 heteroatoms. The van der Waals surface area contributed by atoms with Gasteiger partial charge in [-0.1, -0.05) is 41.4 Å². The minimum absolute atomic E-state index is 0.00194. The standard InChI is InChI=1S/C19H13Cl2IN2O3S/c20-16-11-17(21)18(28(26,27)24-14-8-6-12(22)7-9-14)10-15(16)19(25)23-13-4-2-1-3-5-13/h1-11,24H,(H,23,25). The summed E-state index contributed by atoms with van der Waals surface area (Å²) in [5.41, 5.74) is 0.930. The SMILES string of the molecule is O=C(Nc1ccccc1)c1cc(S(=O)(=O)Nc2ccc(I)cc2)c(Cl)cc1Cl. The van der Waals surface area contributed by atoms with Crippen molar-refractivity contribution in [1.82, 2.24) is 0 Å². The largest absolute Gasteiger partial charge is 0.322 e. The van der Waals surface area contributed by atoms with Crippen molar-refractivity contribution in [2.24, 2.45) is 0 Å². The quantitative estimate of drug-likeness (QED) is 0.406. The van der Waals surface area contributed by atoms with Crippen LogP contribution in [-0.2, 0) is 10.0 Å². The van der Waals surface area contributed by atoms with Crippen molar-refractivity contribution in [3.05, 3.63) is 85.9 Å². The Hall–Kier alpha value is -1.81. The summed E-state index contributed by atoms with van der Waals surface area (Å²) in [6.07, 6.45) is 0. The molecule has 0 aliphatic heterocycles. The van der Waals surface area contributed by atoms with Crippen LogP contribution in [0.2, 0.25) is 10.0 Å². The fourth-order valence-electron chi connectivity index (χ4n) is 2.36. The maximum atomic E-state index is 12.8. The minimum atomic E-state index is -4.03.